The first-order valence-corrected chi connectivity index (χ1v) is 14.6. The van der Waals surface area contributed by atoms with Crippen molar-refractivity contribution >= 4 is 66.3 Å². The molecule has 0 N–H and O–H groups in total. The Hall–Kier alpha value is -5.22. The summed E-state index contributed by atoms with van der Waals surface area (Å²) in [5.74, 6) is -0.229. The summed E-state index contributed by atoms with van der Waals surface area (Å²) in [6, 6.07) is 37.5. The van der Waals surface area contributed by atoms with Gasteiger partial charge in [0.15, 0.2) is 0 Å². The first kappa shape index (κ1) is 24.6. The lowest BCUT2D eigenvalue weighted by Crippen LogP contribution is -2.29. The van der Waals surface area contributed by atoms with Crippen LogP contribution in [-0.4, -0.2) is 34.7 Å². The number of hydrogen-bond acceptors (Lipinski definition) is 2. The van der Waals surface area contributed by atoms with Gasteiger partial charge in [0.1, 0.15) is 0 Å². The second-order valence-electron chi connectivity index (χ2n) is 10.9. The van der Waals surface area contributed by atoms with Gasteiger partial charge in [-0.05, 0) is 69.1 Å². The van der Waals surface area contributed by atoms with E-state index in [1.807, 2.05) is 50.2 Å². The fourth-order valence-corrected chi connectivity index (χ4v) is 7.06. The Morgan fingerprint density at radius 2 is 0.786 bits per heavy atom. The lowest BCUT2D eigenvalue weighted by atomic mass is 9.92. The molecule has 0 aromatic heterocycles. The Morgan fingerprint density at radius 3 is 1.17 bits per heavy atom. The molecule has 0 aliphatic carbocycles. The number of benzene rings is 6. The van der Waals surface area contributed by atoms with Gasteiger partial charge < -0.3 is 9.80 Å². The van der Waals surface area contributed by atoms with Gasteiger partial charge in [-0.25, -0.2) is 0 Å². The molecular formula is C38H28N2O2. The predicted molar refractivity (Wildman–Crippen MR) is 172 cm³/mol. The van der Waals surface area contributed by atoms with E-state index in [2.05, 4.69) is 72.8 Å². The minimum atomic E-state index is -0.115. The number of nitrogens with zero attached hydrogens (tertiary/aromatic N) is 2. The molecule has 6 aromatic carbocycles. The first-order chi connectivity index (χ1) is 20.6. The summed E-state index contributed by atoms with van der Waals surface area (Å²) in [6.45, 7) is 4.90. The van der Waals surface area contributed by atoms with Crippen LogP contribution in [0.3, 0.4) is 0 Å². The quantitative estimate of drug-likeness (QED) is 0.210. The van der Waals surface area contributed by atoms with Gasteiger partial charge in [0.25, 0.3) is 11.8 Å². The number of hydrogen-bond donors (Lipinski definition) is 0. The van der Waals surface area contributed by atoms with Crippen molar-refractivity contribution in [2.24, 2.45) is 0 Å². The summed E-state index contributed by atoms with van der Waals surface area (Å²) in [4.78, 5) is 32.5. The van der Waals surface area contributed by atoms with Crippen molar-refractivity contribution < 1.29 is 9.59 Å². The number of likely N-dealkylation sites (N-methyl/N-ethyl adjacent to an activating group) is 2. The fraction of sp³-hybridized carbons (Fsp3) is 0.105. The van der Waals surface area contributed by atoms with Crippen LogP contribution in [0.4, 0.5) is 0 Å². The molecule has 6 aromatic rings. The molecule has 0 saturated carbocycles. The minimum absolute atomic E-state index is 0.115. The number of amides is 2. The second kappa shape index (κ2) is 9.15. The van der Waals surface area contributed by atoms with E-state index in [0.717, 1.165) is 54.2 Å². The van der Waals surface area contributed by atoms with Gasteiger partial charge in [0.2, 0.25) is 0 Å². The van der Waals surface area contributed by atoms with Crippen molar-refractivity contribution in [1.82, 2.24) is 9.80 Å². The third kappa shape index (κ3) is 3.23. The molecule has 0 bridgehead atoms. The Balaban J connectivity index is 1.50. The minimum Gasteiger partial charge on any atom is -0.307 e. The van der Waals surface area contributed by atoms with Crippen LogP contribution in [0.15, 0.2) is 120 Å². The van der Waals surface area contributed by atoms with Crippen LogP contribution in [0, 0.1) is 0 Å². The molecule has 0 unspecified atom stereocenters. The summed E-state index contributed by atoms with van der Waals surface area (Å²) >= 11 is 0. The molecule has 0 atom stereocenters. The molecule has 4 heteroatoms. The van der Waals surface area contributed by atoms with Crippen LogP contribution in [0.1, 0.15) is 25.0 Å². The average Bonchev–Trinajstić information content (AvgIpc) is 3.50. The van der Waals surface area contributed by atoms with E-state index in [0.29, 0.717) is 35.6 Å². The van der Waals surface area contributed by atoms with E-state index in [9.17, 15) is 9.59 Å². The first-order valence-electron chi connectivity index (χ1n) is 14.6. The van der Waals surface area contributed by atoms with Crippen LogP contribution in [0.5, 0.6) is 0 Å². The number of carbonyl (C=O) groups is 2. The summed E-state index contributed by atoms with van der Waals surface area (Å²) in [5.41, 5.74) is 4.27. The fourth-order valence-electron chi connectivity index (χ4n) is 7.06. The molecule has 2 heterocycles. The summed E-state index contributed by atoms with van der Waals surface area (Å²) in [7, 11) is 0. The van der Waals surface area contributed by atoms with Gasteiger partial charge in [-0.15, -0.1) is 0 Å². The predicted octanol–water partition coefficient (Wildman–Crippen LogP) is 8.15. The average molecular weight is 545 g/mol. The van der Waals surface area contributed by atoms with Crippen molar-refractivity contribution in [1.29, 1.82) is 0 Å². The molecule has 42 heavy (non-hydrogen) atoms. The van der Waals surface area contributed by atoms with Gasteiger partial charge in [0, 0.05) is 24.2 Å². The van der Waals surface area contributed by atoms with Crippen molar-refractivity contribution in [2.45, 2.75) is 13.8 Å². The summed E-state index contributed by atoms with van der Waals surface area (Å²) in [5, 5.41) is 8.76. The molecule has 0 radical (unpaired) electrons. The SMILES string of the molecule is CCN1C(=O)C2=C(c3cc4ccccc4c4ccccc34)N(CC)C(=O)C2=C1c1cc2ccccc2c2ccccc12. The maximum atomic E-state index is 14.4. The molecule has 2 aliphatic rings. The highest BCUT2D eigenvalue weighted by molar-refractivity contribution is 6.32. The molecule has 0 fully saturated rings. The van der Waals surface area contributed by atoms with Gasteiger partial charge in [-0.3, -0.25) is 9.59 Å². The maximum absolute atomic E-state index is 14.4. The summed E-state index contributed by atoms with van der Waals surface area (Å²) in [6.07, 6.45) is 0. The largest absolute Gasteiger partial charge is 0.307 e. The Morgan fingerprint density at radius 1 is 0.452 bits per heavy atom. The van der Waals surface area contributed by atoms with Crippen molar-refractivity contribution in [3.63, 3.8) is 0 Å². The van der Waals surface area contributed by atoms with Gasteiger partial charge in [-0.2, -0.15) is 0 Å². The van der Waals surface area contributed by atoms with Gasteiger partial charge in [0.05, 0.1) is 22.5 Å². The molecule has 0 spiro atoms. The van der Waals surface area contributed by atoms with E-state index in [1.165, 1.54) is 0 Å². The van der Waals surface area contributed by atoms with Crippen molar-refractivity contribution in [3.8, 4) is 0 Å². The molecular weight excluding hydrogens is 516 g/mol. The number of fused-ring (bicyclic) bond motifs is 7. The topological polar surface area (TPSA) is 40.6 Å². The lowest BCUT2D eigenvalue weighted by molar-refractivity contribution is -0.124. The summed E-state index contributed by atoms with van der Waals surface area (Å²) < 4.78 is 0. The van der Waals surface area contributed by atoms with Crippen LogP contribution in [0.25, 0.3) is 54.5 Å². The van der Waals surface area contributed by atoms with E-state index in [4.69, 9.17) is 0 Å². The standard InChI is InChI=1S/C38H28N2O2/c1-3-39-35(31-21-23-13-5-7-15-25(23)27-17-9-11-19-29(27)31)33-34(37(39)41)36(40(4-2)38(33)42)32-22-24-14-6-8-16-26(24)28-18-10-12-20-30(28)32/h5-22H,3-4H2,1-2H3. The highest BCUT2D eigenvalue weighted by Crippen LogP contribution is 2.49. The van der Waals surface area contributed by atoms with E-state index >= 15 is 0 Å². The monoisotopic (exact) mass is 544 g/mol. The lowest BCUT2D eigenvalue weighted by Gasteiger charge is -2.25. The van der Waals surface area contributed by atoms with Crippen LogP contribution in [-0.2, 0) is 9.59 Å². The molecule has 0 saturated heterocycles. The Kier molecular flexibility index (Phi) is 5.35. The van der Waals surface area contributed by atoms with Crippen molar-refractivity contribution in [3.05, 3.63) is 131 Å². The van der Waals surface area contributed by atoms with Crippen LogP contribution >= 0.6 is 0 Å². The molecule has 8 rings (SSSR count). The third-order valence-corrected chi connectivity index (χ3v) is 8.86. The van der Waals surface area contributed by atoms with Crippen molar-refractivity contribution in [2.75, 3.05) is 13.1 Å². The second-order valence-corrected chi connectivity index (χ2v) is 10.9. The van der Waals surface area contributed by atoms with Crippen LogP contribution < -0.4 is 0 Å². The number of carbonyl (C=O) groups excluding carboxylic acids is 2. The molecule has 2 amide bonds. The highest BCUT2D eigenvalue weighted by atomic mass is 16.2. The number of rotatable bonds is 4. The van der Waals surface area contributed by atoms with Gasteiger partial charge in [-0.1, -0.05) is 97.1 Å². The Bertz CT molecular complexity index is 2060. The molecule has 202 valence electrons. The highest BCUT2D eigenvalue weighted by Gasteiger charge is 2.48. The normalized spacial score (nSPS) is 15.4. The Labute approximate surface area is 243 Å². The smallest absolute Gasteiger partial charge is 0.261 e. The van der Waals surface area contributed by atoms with Gasteiger partial charge >= 0.3 is 0 Å². The van der Waals surface area contributed by atoms with Crippen LogP contribution in [0.2, 0.25) is 0 Å². The molecule has 2 aliphatic heterocycles. The van der Waals surface area contributed by atoms with E-state index < -0.39 is 0 Å². The molecule has 4 nitrogen and oxygen atoms in total. The third-order valence-electron chi connectivity index (χ3n) is 8.86. The zero-order chi connectivity index (χ0) is 28.5. The van der Waals surface area contributed by atoms with E-state index in [-0.39, 0.29) is 11.8 Å². The van der Waals surface area contributed by atoms with E-state index in [1.54, 1.807) is 9.80 Å². The maximum Gasteiger partial charge on any atom is 0.261 e. The zero-order valence-corrected chi connectivity index (χ0v) is 23.5. The zero-order valence-electron chi connectivity index (χ0n) is 23.5.